The number of hydrogen-bond donors (Lipinski definition) is 1. The minimum absolute atomic E-state index is 0.0353. The summed E-state index contributed by atoms with van der Waals surface area (Å²) in [5.74, 6) is -0.458. The van der Waals surface area contributed by atoms with Gasteiger partial charge in [-0.3, -0.25) is 4.79 Å². The lowest BCUT2D eigenvalue weighted by Crippen LogP contribution is -2.13. The van der Waals surface area contributed by atoms with Crippen molar-refractivity contribution in [1.29, 1.82) is 5.26 Å². The van der Waals surface area contributed by atoms with Crippen LogP contribution in [0.4, 0.5) is 11.4 Å². The summed E-state index contributed by atoms with van der Waals surface area (Å²) in [6.07, 6.45) is 1.62. The maximum atomic E-state index is 12.6. The highest BCUT2D eigenvalue weighted by molar-refractivity contribution is 6.30. The molecule has 1 heterocycles. The number of rotatable bonds is 5. The van der Waals surface area contributed by atoms with E-state index in [4.69, 9.17) is 11.6 Å². The molecule has 152 valence electrons. The van der Waals surface area contributed by atoms with Crippen molar-refractivity contribution in [2.75, 3.05) is 24.3 Å². The monoisotopic (exact) mass is 418 g/mol. The summed E-state index contributed by atoms with van der Waals surface area (Å²) in [5.41, 5.74) is 5.56. The van der Waals surface area contributed by atoms with Crippen LogP contribution < -0.4 is 10.2 Å². The molecule has 3 rings (SSSR count). The van der Waals surface area contributed by atoms with Crippen LogP contribution in [0.3, 0.4) is 0 Å². The van der Waals surface area contributed by atoms with Gasteiger partial charge in [0.15, 0.2) is 0 Å². The molecular weight excluding hydrogens is 396 g/mol. The number of nitrogens with one attached hydrogen (secondary N) is 1. The molecule has 0 fully saturated rings. The minimum Gasteiger partial charge on any atom is -0.378 e. The Balaban J connectivity index is 1.90. The molecule has 0 saturated heterocycles. The number of anilines is 2. The van der Waals surface area contributed by atoms with Gasteiger partial charge in [-0.1, -0.05) is 11.6 Å². The second-order valence-electron chi connectivity index (χ2n) is 7.20. The highest BCUT2D eigenvalue weighted by Crippen LogP contribution is 2.25. The van der Waals surface area contributed by atoms with Crippen LogP contribution in [0.15, 0.2) is 60.2 Å². The second kappa shape index (κ2) is 8.89. The molecule has 0 atom stereocenters. The van der Waals surface area contributed by atoms with E-state index in [0.29, 0.717) is 10.7 Å². The normalized spacial score (nSPS) is 11.1. The van der Waals surface area contributed by atoms with E-state index in [-0.39, 0.29) is 5.57 Å². The lowest BCUT2D eigenvalue weighted by atomic mass is 10.1. The molecule has 1 aromatic heterocycles. The van der Waals surface area contributed by atoms with Gasteiger partial charge in [0.05, 0.1) is 0 Å². The Kier molecular flexibility index (Phi) is 6.29. The van der Waals surface area contributed by atoms with Gasteiger partial charge in [-0.2, -0.15) is 5.26 Å². The van der Waals surface area contributed by atoms with E-state index < -0.39 is 5.91 Å². The quantitative estimate of drug-likeness (QED) is 0.448. The molecule has 0 radical (unpaired) electrons. The Morgan fingerprint density at radius 2 is 1.73 bits per heavy atom. The minimum atomic E-state index is -0.458. The zero-order valence-electron chi connectivity index (χ0n) is 17.4. The Morgan fingerprint density at radius 1 is 1.10 bits per heavy atom. The molecule has 3 aromatic rings. The molecule has 1 amide bonds. The molecule has 0 aliphatic heterocycles. The maximum Gasteiger partial charge on any atom is 0.266 e. The lowest BCUT2D eigenvalue weighted by molar-refractivity contribution is -0.112. The zero-order valence-corrected chi connectivity index (χ0v) is 18.2. The fraction of sp³-hybridized carbons (Fsp3) is 0.167. The van der Waals surface area contributed by atoms with Crippen molar-refractivity contribution in [3.8, 4) is 11.8 Å². The number of carbonyl (C=O) groups is 1. The molecule has 1 N–H and O–H groups in total. The van der Waals surface area contributed by atoms with Gasteiger partial charge in [0.2, 0.25) is 0 Å². The SMILES string of the molecule is Cc1cc(/C=C(/C#N)C(=O)Nc2ccc(Cl)cc2)c(C)n1-c1ccc(N(C)C)cc1. The molecule has 5 nitrogen and oxygen atoms in total. The number of carbonyl (C=O) groups excluding carboxylic acids is 1. The van der Waals surface area contributed by atoms with E-state index in [9.17, 15) is 10.1 Å². The summed E-state index contributed by atoms with van der Waals surface area (Å²) in [6, 6.07) is 19.0. The average molecular weight is 419 g/mol. The number of halogens is 1. The van der Waals surface area contributed by atoms with E-state index in [1.54, 1.807) is 30.3 Å². The fourth-order valence-corrected chi connectivity index (χ4v) is 3.39. The predicted octanol–water partition coefficient (Wildman–Crippen LogP) is 5.36. The van der Waals surface area contributed by atoms with Crippen molar-refractivity contribution in [1.82, 2.24) is 4.57 Å². The third-order valence-corrected chi connectivity index (χ3v) is 5.11. The number of benzene rings is 2. The van der Waals surface area contributed by atoms with Crippen molar-refractivity contribution in [2.45, 2.75) is 13.8 Å². The first-order valence-corrected chi connectivity index (χ1v) is 9.83. The van der Waals surface area contributed by atoms with Gasteiger partial charge in [0, 0.05) is 47.6 Å². The van der Waals surface area contributed by atoms with Gasteiger partial charge >= 0.3 is 0 Å². The first-order chi connectivity index (χ1) is 14.3. The highest BCUT2D eigenvalue weighted by atomic mass is 35.5. The van der Waals surface area contributed by atoms with E-state index in [1.807, 2.05) is 45.0 Å². The number of nitriles is 1. The van der Waals surface area contributed by atoms with Crippen LogP contribution in [0.1, 0.15) is 17.0 Å². The van der Waals surface area contributed by atoms with Crippen molar-refractivity contribution < 1.29 is 4.79 Å². The maximum absolute atomic E-state index is 12.6. The van der Waals surface area contributed by atoms with E-state index in [0.717, 1.165) is 28.3 Å². The third-order valence-electron chi connectivity index (χ3n) is 4.86. The average Bonchev–Trinajstić information content (AvgIpc) is 3.00. The molecule has 0 aliphatic carbocycles. The number of hydrogen-bond acceptors (Lipinski definition) is 3. The first kappa shape index (κ1) is 21.2. The van der Waals surface area contributed by atoms with Crippen LogP contribution in [0.2, 0.25) is 5.02 Å². The second-order valence-corrected chi connectivity index (χ2v) is 7.64. The van der Waals surface area contributed by atoms with Crippen LogP contribution in [0.5, 0.6) is 0 Å². The molecular formula is C24H23ClN4O. The molecule has 6 heteroatoms. The molecule has 0 unspecified atom stereocenters. The van der Waals surface area contributed by atoms with Crippen molar-refractivity contribution >= 4 is 35.0 Å². The van der Waals surface area contributed by atoms with Gasteiger partial charge in [0.25, 0.3) is 5.91 Å². The largest absolute Gasteiger partial charge is 0.378 e. The molecule has 30 heavy (non-hydrogen) atoms. The standard InChI is InChI=1S/C24H23ClN4O/c1-16-13-18(17(2)29(16)23-11-9-22(10-12-23)28(3)4)14-19(15-26)24(30)27-21-7-5-20(25)6-8-21/h5-14H,1-4H3,(H,27,30)/b19-14-. The molecule has 0 spiro atoms. The van der Waals surface area contributed by atoms with E-state index >= 15 is 0 Å². The summed E-state index contributed by atoms with van der Waals surface area (Å²) >= 11 is 5.87. The van der Waals surface area contributed by atoms with Gasteiger partial charge in [0.1, 0.15) is 11.6 Å². The van der Waals surface area contributed by atoms with Crippen LogP contribution in [0, 0.1) is 25.2 Å². The smallest absolute Gasteiger partial charge is 0.266 e. The van der Waals surface area contributed by atoms with E-state index in [2.05, 4.69) is 34.1 Å². The Morgan fingerprint density at radius 3 is 2.30 bits per heavy atom. The number of nitrogens with zero attached hydrogens (tertiary/aromatic N) is 3. The van der Waals surface area contributed by atoms with Gasteiger partial charge < -0.3 is 14.8 Å². The van der Waals surface area contributed by atoms with Crippen molar-refractivity contribution in [3.63, 3.8) is 0 Å². The fourth-order valence-electron chi connectivity index (χ4n) is 3.27. The summed E-state index contributed by atoms with van der Waals surface area (Å²) in [5, 5.41) is 12.8. The Bertz CT molecular complexity index is 1130. The summed E-state index contributed by atoms with van der Waals surface area (Å²) in [4.78, 5) is 14.6. The summed E-state index contributed by atoms with van der Waals surface area (Å²) < 4.78 is 2.11. The number of amides is 1. The Labute approximate surface area is 181 Å². The van der Waals surface area contributed by atoms with Crippen LogP contribution in [-0.4, -0.2) is 24.6 Å². The van der Waals surface area contributed by atoms with Crippen LogP contribution in [-0.2, 0) is 4.79 Å². The van der Waals surface area contributed by atoms with Gasteiger partial charge in [-0.05, 0) is 80.1 Å². The van der Waals surface area contributed by atoms with Crippen LogP contribution >= 0.6 is 11.6 Å². The van der Waals surface area contributed by atoms with Gasteiger partial charge in [-0.25, -0.2) is 0 Å². The number of aromatic nitrogens is 1. The van der Waals surface area contributed by atoms with E-state index in [1.165, 1.54) is 0 Å². The first-order valence-electron chi connectivity index (χ1n) is 9.45. The topological polar surface area (TPSA) is 61.1 Å². The summed E-state index contributed by atoms with van der Waals surface area (Å²) in [7, 11) is 4.01. The Hall–Kier alpha value is -3.49. The predicted molar refractivity (Wildman–Crippen MR) is 123 cm³/mol. The van der Waals surface area contributed by atoms with Crippen molar-refractivity contribution in [3.05, 3.63) is 82.1 Å². The van der Waals surface area contributed by atoms with Crippen LogP contribution in [0.25, 0.3) is 11.8 Å². The number of aryl methyl sites for hydroxylation is 1. The molecule has 0 saturated carbocycles. The molecule has 0 bridgehead atoms. The van der Waals surface area contributed by atoms with Crippen molar-refractivity contribution in [2.24, 2.45) is 0 Å². The molecule has 2 aromatic carbocycles. The molecule has 0 aliphatic rings. The van der Waals surface area contributed by atoms with Gasteiger partial charge in [-0.15, -0.1) is 0 Å². The highest BCUT2D eigenvalue weighted by Gasteiger charge is 2.14. The lowest BCUT2D eigenvalue weighted by Gasteiger charge is -2.14. The summed E-state index contributed by atoms with van der Waals surface area (Å²) in [6.45, 7) is 3.98. The third kappa shape index (κ3) is 4.56. The zero-order chi connectivity index (χ0) is 21.8.